The average molecular weight is 422 g/mol. The van der Waals surface area contributed by atoms with Gasteiger partial charge in [-0.3, -0.25) is 4.79 Å². The van der Waals surface area contributed by atoms with Gasteiger partial charge in [0.25, 0.3) is 5.91 Å². The fourth-order valence-corrected chi connectivity index (χ4v) is 4.12. The summed E-state index contributed by atoms with van der Waals surface area (Å²) in [6.07, 6.45) is -0.336. The van der Waals surface area contributed by atoms with E-state index >= 15 is 0 Å². The van der Waals surface area contributed by atoms with Crippen LogP contribution in [0.5, 0.6) is 0 Å². The van der Waals surface area contributed by atoms with Crippen molar-refractivity contribution in [3.8, 4) is 10.6 Å². The van der Waals surface area contributed by atoms with Crippen LogP contribution in [0.4, 0.5) is 4.79 Å². The zero-order chi connectivity index (χ0) is 20.5. The van der Waals surface area contributed by atoms with E-state index < -0.39 is 5.60 Å². The molecule has 1 saturated heterocycles. The number of aromatic nitrogens is 1. The van der Waals surface area contributed by atoms with Gasteiger partial charge in [-0.15, -0.1) is 11.3 Å². The van der Waals surface area contributed by atoms with Crippen molar-refractivity contribution in [1.82, 2.24) is 14.8 Å². The van der Waals surface area contributed by atoms with Crippen LogP contribution in [0.25, 0.3) is 10.6 Å². The first-order valence-electron chi connectivity index (χ1n) is 9.14. The molecular weight excluding hydrogens is 398 g/mol. The minimum absolute atomic E-state index is 0.0490. The highest BCUT2D eigenvalue weighted by molar-refractivity contribution is 7.17. The molecule has 1 aromatic carbocycles. The van der Waals surface area contributed by atoms with E-state index in [-0.39, 0.29) is 12.0 Å². The monoisotopic (exact) mass is 421 g/mol. The Bertz CT molecular complexity index is 883. The number of thiazole rings is 1. The molecule has 3 rings (SSSR count). The molecule has 0 saturated carbocycles. The standard InChI is InChI=1S/C20H24ClN3O3S/c1-13-16(28-17(22-13)14-6-5-7-15(21)12-14)18(25)23-8-10-24(11-9-23)19(26)27-20(2,3)4/h5-7,12H,8-11H2,1-4H3. The Kier molecular flexibility index (Phi) is 5.95. The van der Waals surface area contributed by atoms with E-state index in [0.29, 0.717) is 41.8 Å². The maximum atomic E-state index is 13.0. The maximum absolute atomic E-state index is 13.0. The second kappa shape index (κ2) is 8.09. The van der Waals surface area contributed by atoms with Crippen molar-refractivity contribution in [3.05, 3.63) is 39.9 Å². The summed E-state index contributed by atoms with van der Waals surface area (Å²) in [5, 5.41) is 1.41. The highest BCUT2D eigenvalue weighted by Gasteiger charge is 2.29. The Hall–Kier alpha value is -2.12. The van der Waals surface area contributed by atoms with Gasteiger partial charge in [0, 0.05) is 36.8 Å². The van der Waals surface area contributed by atoms with Crippen LogP contribution in [-0.2, 0) is 4.74 Å². The molecule has 1 fully saturated rings. The number of hydrogen-bond donors (Lipinski definition) is 0. The van der Waals surface area contributed by atoms with Crippen molar-refractivity contribution in [2.24, 2.45) is 0 Å². The molecule has 0 atom stereocenters. The molecule has 1 aliphatic rings. The van der Waals surface area contributed by atoms with E-state index in [0.717, 1.165) is 10.6 Å². The molecule has 1 aliphatic heterocycles. The summed E-state index contributed by atoms with van der Waals surface area (Å²) >= 11 is 7.44. The number of hydrogen-bond acceptors (Lipinski definition) is 5. The van der Waals surface area contributed by atoms with Gasteiger partial charge in [-0.2, -0.15) is 0 Å². The number of nitrogens with zero attached hydrogens (tertiary/aromatic N) is 3. The summed E-state index contributed by atoms with van der Waals surface area (Å²) in [6.45, 7) is 9.23. The summed E-state index contributed by atoms with van der Waals surface area (Å²) in [4.78, 5) is 33.7. The SMILES string of the molecule is Cc1nc(-c2cccc(Cl)c2)sc1C(=O)N1CCN(C(=O)OC(C)(C)C)CC1. The van der Waals surface area contributed by atoms with Crippen LogP contribution < -0.4 is 0 Å². The smallest absolute Gasteiger partial charge is 0.410 e. The normalized spacial score (nSPS) is 14.9. The van der Waals surface area contributed by atoms with Crippen LogP contribution >= 0.6 is 22.9 Å². The fraction of sp³-hybridized carbons (Fsp3) is 0.450. The van der Waals surface area contributed by atoms with Gasteiger partial charge in [-0.05, 0) is 39.8 Å². The fourth-order valence-electron chi connectivity index (χ4n) is 2.90. The predicted molar refractivity (Wildman–Crippen MR) is 111 cm³/mol. The third kappa shape index (κ3) is 4.83. The van der Waals surface area contributed by atoms with Crippen LogP contribution in [-0.4, -0.2) is 58.6 Å². The predicted octanol–water partition coefficient (Wildman–Crippen LogP) is 4.46. The van der Waals surface area contributed by atoms with Gasteiger partial charge < -0.3 is 14.5 Å². The molecule has 8 heteroatoms. The lowest BCUT2D eigenvalue weighted by molar-refractivity contribution is 0.0141. The summed E-state index contributed by atoms with van der Waals surface area (Å²) < 4.78 is 5.40. The molecule has 0 radical (unpaired) electrons. The number of piperazine rings is 1. The maximum Gasteiger partial charge on any atom is 0.410 e. The quantitative estimate of drug-likeness (QED) is 0.717. The Morgan fingerprint density at radius 1 is 1.14 bits per heavy atom. The molecule has 2 aromatic rings. The zero-order valence-corrected chi connectivity index (χ0v) is 18.1. The lowest BCUT2D eigenvalue weighted by Gasteiger charge is -2.35. The van der Waals surface area contributed by atoms with Gasteiger partial charge in [0.15, 0.2) is 0 Å². The van der Waals surface area contributed by atoms with Crippen LogP contribution in [0.2, 0.25) is 5.02 Å². The first-order valence-corrected chi connectivity index (χ1v) is 10.3. The number of benzene rings is 1. The second-order valence-corrected chi connectivity index (χ2v) is 9.14. The van der Waals surface area contributed by atoms with Crippen molar-refractivity contribution >= 4 is 34.9 Å². The summed E-state index contributed by atoms with van der Waals surface area (Å²) in [7, 11) is 0. The van der Waals surface area contributed by atoms with Crippen molar-refractivity contribution in [1.29, 1.82) is 0 Å². The van der Waals surface area contributed by atoms with Crippen molar-refractivity contribution in [2.45, 2.75) is 33.3 Å². The molecule has 1 aromatic heterocycles. The molecule has 0 bridgehead atoms. The highest BCUT2D eigenvalue weighted by atomic mass is 35.5. The van der Waals surface area contributed by atoms with Crippen LogP contribution in [0.3, 0.4) is 0 Å². The van der Waals surface area contributed by atoms with Gasteiger partial charge >= 0.3 is 6.09 Å². The Morgan fingerprint density at radius 3 is 2.39 bits per heavy atom. The Labute approximate surface area is 174 Å². The van der Waals surface area contributed by atoms with E-state index in [4.69, 9.17) is 16.3 Å². The minimum Gasteiger partial charge on any atom is -0.444 e. The van der Waals surface area contributed by atoms with E-state index in [9.17, 15) is 9.59 Å². The minimum atomic E-state index is -0.527. The molecular formula is C20H24ClN3O3S. The Morgan fingerprint density at radius 2 is 1.79 bits per heavy atom. The van der Waals surface area contributed by atoms with Gasteiger partial charge in [-0.25, -0.2) is 9.78 Å². The molecule has 150 valence electrons. The number of amides is 2. The average Bonchev–Trinajstić information content (AvgIpc) is 3.01. The molecule has 6 nitrogen and oxygen atoms in total. The number of rotatable bonds is 2. The third-order valence-electron chi connectivity index (χ3n) is 4.28. The molecule has 2 amide bonds. The Balaban J connectivity index is 1.67. The van der Waals surface area contributed by atoms with Gasteiger partial charge in [0.05, 0.1) is 5.69 Å². The van der Waals surface area contributed by atoms with Gasteiger partial charge in [0.1, 0.15) is 15.5 Å². The van der Waals surface area contributed by atoms with Crippen LogP contribution in [0, 0.1) is 6.92 Å². The number of halogens is 1. The molecule has 0 unspecified atom stereocenters. The lowest BCUT2D eigenvalue weighted by atomic mass is 10.2. The van der Waals surface area contributed by atoms with E-state index in [1.54, 1.807) is 9.80 Å². The van der Waals surface area contributed by atoms with Gasteiger partial charge in [-0.1, -0.05) is 23.7 Å². The van der Waals surface area contributed by atoms with E-state index in [1.807, 2.05) is 52.0 Å². The van der Waals surface area contributed by atoms with Crippen LogP contribution in [0.15, 0.2) is 24.3 Å². The molecule has 0 aliphatic carbocycles. The number of ether oxygens (including phenoxy) is 1. The largest absolute Gasteiger partial charge is 0.444 e. The van der Waals surface area contributed by atoms with Gasteiger partial charge in [0.2, 0.25) is 0 Å². The number of aryl methyl sites for hydroxylation is 1. The molecule has 2 heterocycles. The molecule has 0 spiro atoms. The van der Waals surface area contributed by atoms with Crippen molar-refractivity contribution < 1.29 is 14.3 Å². The number of carbonyl (C=O) groups is 2. The molecule has 0 N–H and O–H groups in total. The zero-order valence-electron chi connectivity index (χ0n) is 16.5. The topological polar surface area (TPSA) is 62.7 Å². The van der Waals surface area contributed by atoms with E-state index in [1.165, 1.54) is 11.3 Å². The lowest BCUT2D eigenvalue weighted by Crippen LogP contribution is -2.51. The summed E-state index contributed by atoms with van der Waals surface area (Å²) in [5.74, 6) is -0.0490. The third-order valence-corrected chi connectivity index (χ3v) is 5.71. The second-order valence-electron chi connectivity index (χ2n) is 7.70. The van der Waals surface area contributed by atoms with Crippen molar-refractivity contribution in [2.75, 3.05) is 26.2 Å². The summed E-state index contributed by atoms with van der Waals surface area (Å²) in [6, 6.07) is 7.44. The van der Waals surface area contributed by atoms with Crippen LogP contribution in [0.1, 0.15) is 36.1 Å². The first kappa shape index (κ1) is 20.6. The first-order chi connectivity index (χ1) is 13.1. The highest BCUT2D eigenvalue weighted by Crippen LogP contribution is 2.30. The van der Waals surface area contributed by atoms with Crippen molar-refractivity contribution in [3.63, 3.8) is 0 Å². The molecule has 28 heavy (non-hydrogen) atoms. The summed E-state index contributed by atoms with van der Waals surface area (Å²) in [5.41, 5.74) is 1.08. The number of carbonyl (C=O) groups excluding carboxylic acids is 2. The van der Waals surface area contributed by atoms with E-state index in [2.05, 4.69) is 4.98 Å².